The molecule has 1 aromatic heterocycles. The van der Waals surface area contributed by atoms with Gasteiger partial charge in [0.15, 0.2) is 6.10 Å². The lowest BCUT2D eigenvalue weighted by atomic mass is 9.93. The van der Waals surface area contributed by atoms with Crippen molar-refractivity contribution in [1.82, 2.24) is 4.98 Å². The maximum absolute atomic E-state index is 11.1. The van der Waals surface area contributed by atoms with Crippen LogP contribution in [0.3, 0.4) is 0 Å². The van der Waals surface area contributed by atoms with Gasteiger partial charge in [-0.25, -0.2) is 9.78 Å². The molecule has 2 aromatic rings. The smallest absolute Gasteiger partial charge is 0.344 e. The second kappa shape index (κ2) is 6.02. The van der Waals surface area contributed by atoms with E-state index in [0.717, 1.165) is 21.6 Å². The Hall–Kier alpha value is -1.62. The Labute approximate surface area is 128 Å². The molecular weight excluding hydrogens is 286 g/mol. The molecule has 0 fully saturated rings. The van der Waals surface area contributed by atoms with E-state index in [0.29, 0.717) is 12.2 Å². The van der Waals surface area contributed by atoms with Gasteiger partial charge in [0.1, 0.15) is 11.3 Å². The van der Waals surface area contributed by atoms with Crippen molar-refractivity contribution in [2.45, 2.75) is 46.6 Å². The number of thiazole rings is 1. The third-order valence-corrected chi connectivity index (χ3v) is 4.04. The zero-order valence-electron chi connectivity index (χ0n) is 12.8. The van der Waals surface area contributed by atoms with E-state index in [1.54, 1.807) is 24.3 Å². The lowest BCUT2D eigenvalue weighted by molar-refractivity contribution is -0.145. The number of benzene rings is 1. The lowest BCUT2D eigenvalue weighted by Gasteiger charge is -2.15. The number of carboxylic acid groups (broad SMARTS) is 1. The number of hydrogen-bond donors (Lipinski definition) is 1. The summed E-state index contributed by atoms with van der Waals surface area (Å²) in [4.78, 5) is 15.8. The molecule has 1 aromatic carbocycles. The number of rotatable bonds is 5. The van der Waals surface area contributed by atoms with Crippen molar-refractivity contribution in [2.75, 3.05) is 0 Å². The molecule has 0 radical (unpaired) electrons. The highest BCUT2D eigenvalue weighted by molar-refractivity contribution is 7.18. The molecule has 5 heteroatoms. The Kier molecular flexibility index (Phi) is 4.52. The summed E-state index contributed by atoms with van der Waals surface area (Å²) in [6.07, 6.45) is 0.482. The number of carboxylic acids is 1. The van der Waals surface area contributed by atoms with E-state index in [4.69, 9.17) is 9.84 Å². The summed E-state index contributed by atoms with van der Waals surface area (Å²) in [7, 11) is 0. The van der Waals surface area contributed by atoms with Crippen molar-refractivity contribution in [3.8, 4) is 5.75 Å². The molecule has 1 N–H and O–H groups in total. The Bertz CT molecular complexity index is 642. The van der Waals surface area contributed by atoms with Gasteiger partial charge < -0.3 is 9.84 Å². The van der Waals surface area contributed by atoms with Crippen LogP contribution in [0, 0.1) is 5.41 Å². The molecular formula is C16H21NO3S. The van der Waals surface area contributed by atoms with E-state index >= 15 is 0 Å². The summed E-state index contributed by atoms with van der Waals surface area (Å²) >= 11 is 1.64. The second-order valence-corrected chi connectivity index (χ2v) is 7.42. The first-order chi connectivity index (χ1) is 9.80. The Morgan fingerprint density at radius 1 is 1.43 bits per heavy atom. The first-order valence-corrected chi connectivity index (χ1v) is 7.89. The molecule has 2 rings (SSSR count). The number of ether oxygens (including phenoxy) is 1. The number of aromatic nitrogens is 1. The topological polar surface area (TPSA) is 59.4 Å². The van der Waals surface area contributed by atoms with E-state index in [9.17, 15) is 4.79 Å². The Morgan fingerprint density at radius 2 is 2.14 bits per heavy atom. The zero-order valence-corrected chi connectivity index (χ0v) is 13.7. The van der Waals surface area contributed by atoms with E-state index in [1.807, 2.05) is 12.1 Å². The molecule has 0 aliphatic heterocycles. The predicted molar refractivity (Wildman–Crippen MR) is 85.1 cm³/mol. The molecule has 1 heterocycles. The summed E-state index contributed by atoms with van der Waals surface area (Å²) in [5.74, 6) is -0.391. The SMILES string of the molecule is CCC(Oc1cccc2sc(CC(C)(C)C)nc12)C(=O)O. The lowest BCUT2D eigenvalue weighted by Crippen LogP contribution is -2.26. The summed E-state index contributed by atoms with van der Waals surface area (Å²) in [5, 5.41) is 10.2. The summed E-state index contributed by atoms with van der Waals surface area (Å²) in [5.41, 5.74) is 0.934. The molecule has 1 unspecified atom stereocenters. The van der Waals surface area contributed by atoms with Gasteiger partial charge in [-0.05, 0) is 24.0 Å². The maximum Gasteiger partial charge on any atom is 0.344 e. The van der Waals surface area contributed by atoms with E-state index in [1.165, 1.54) is 0 Å². The van der Waals surface area contributed by atoms with Crippen LogP contribution in [0.2, 0.25) is 0 Å². The molecule has 21 heavy (non-hydrogen) atoms. The number of aliphatic carboxylic acids is 1. The minimum Gasteiger partial charge on any atom is -0.479 e. The number of nitrogens with zero attached hydrogens (tertiary/aromatic N) is 1. The van der Waals surface area contributed by atoms with Crippen molar-refractivity contribution in [3.63, 3.8) is 0 Å². The van der Waals surface area contributed by atoms with Crippen LogP contribution in [0.25, 0.3) is 10.2 Å². The number of carbonyl (C=O) groups is 1. The molecule has 0 saturated carbocycles. The predicted octanol–water partition coefficient (Wildman–Crippen LogP) is 4.13. The Balaban J connectivity index is 2.34. The molecule has 1 atom stereocenters. The van der Waals surface area contributed by atoms with E-state index in [2.05, 4.69) is 25.8 Å². The van der Waals surface area contributed by atoms with Gasteiger partial charge in [0, 0.05) is 6.42 Å². The molecule has 0 aliphatic rings. The van der Waals surface area contributed by atoms with Crippen LogP contribution in [-0.2, 0) is 11.2 Å². The van der Waals surface area contributed by atoms with Crippen molar-refractivity contribution in [1.29, 1.82) is 0 Å². The van der Waals surface area contributed by atoms with Gasteiger partial charge in [0.25, 0.3) is 0 Å². The molecule has 0 spiro atoms. The molecule has 0 saturated heterocycles. The third-order valence-electron chi connectivity index (χ3n) is 3.02. The summed E-state index contributed by atoms with van der Waals surface area (Å²) in [6, 6.07) is 5.66. The van der Waals surface area contributed by atoms with E-state index < -0.39 is 12.1 Å². The quantitative estimate of drug-likeness (QED) is 0.902. The zero-order chi connectivity index (χ0) is 15.6. The van der Waals surface area contributed by atoms with Crippen LogP contribution in [0.4, 0.5) is 0 Å². The third kappa shape index (κ3) is 3.94. The number of hydrogen-bond acceptors (Lipinski definition) is 4. The van der Waals surface area contributed by atoms with Crippen molar-refractivity contribution in [2.24, 2.45) is 5.41 Å². The van der Waals surface area contributed by atoms with Crippen LogP contribution < -0.4 is 4.74 Å². The fraction of sp³-hybridized carbons (Fsp3) is 0.500. The van der Waals surface area contributed by atoms with Crippen molar-refractivity contribution >= 4 is 27.5 Å². The molecule has 0 bridgehead atoms. The number of para-hydroxylation sites is 1. The first kappa shape index (κ1) is 15.8. The molecule has 114 valence electrons. The number of fused-ring (bicyclic) bond motifs is 1. The highest BCUT2D eigenvalue weighted by atomic mass is 32.1. The maximum atomic E-state index is 11.1. The molecule has 0 aliphatic carbocycles. The second-order valence-electron chi connectivity index (χ2n) is 6.30. The highest BCUT2D eigenvalue weighted by Crippen LogP contribution is 2.33. The van der Waals surface area contributed by atoms with Crippen LogP contribution in [0.15, 0.2) is 18.2 Å². The average molecular weight is 307 g/mol. The fourth-order valence-electron chi connectivity index (χ4n) is 2.06. The van der Waals surface area contributed by atoms with Gasteiger partial charge in [-0.2, -0.15) is 0 Å². The summed E-state index contributed by atoms with van der Waals surface area (Å²) < 4.78 is 6.66. The largest absolute Gasteiger partial charge is 0.479 e. The van der Waals surface area contributed by atoms with E-state index in [-0.39, 0.29) is 5.41 Å². The standard InChI is InChI=1S/C16H21NO3S/c1-5-10(15(18)19)20-11-7-6-8-12-14(11)17-13(21-12)9-16(2,3)4/h6-8,10H,5,9H2,1-4H3,(H,18,19). The van der Waals surface area contributed by atoms with Gasteiger partial charge >= 0.3 is 5.97 Å². The van der Waals surface area contributed by atoms with Gasteiger partial charge in [0.2, 0.25) is 0 Å². The van der Waals surface area contributed by atoms with Crippen LogP contribution >= 0.6 is 11.3 Å². The fourth-order valence-corrected chi connectivity index (χ4v) is 3.34. The summed E-state index contributed by atoms with van der Waals surface area (Å²) in [6.45, 7) is 8.32. The van der Waals surface area contributed by atoms with Crippen LogP contribution in [0.5, 0.6) is 5.75 Å². The minimum absolute atomic E-state index is 0.169. The minimum atomic E-state index is -0.945. The van der Waals surface area contributed by atoms with Crippen molar-refractivity contribution < 1.29 is 14.6 Å². The molecule has 0 amide bonds. The monoisotopic (exact) mass is 307 g/mol. The first-order valence-electron chi connectivity index (χ1n) is 7.08. The molecule has 4 nitrogen and oxygen atoms in total. The normalized spacial score (nSPS) is 13.3. The Morgan fingerprint density at radius 3 is 2.71 bits per heavy atom. The van der Waals surface area contributed by atoms with Crippen LogP contribution in [0.1, 0.15) is 39.1 Å². The van der Waals surface area contributed by atoms with Gasteiger partial charge in [-0.15, -0.1) is 11.3 Å². The van der Waals surface area contributed by atoms with Gasteiger partial charge in [-0.1, -0.05) is 33.8 Å². The average Bonchev–Trinajstić information content (AvgIpc) is 2.75. The van der Waals surface area contributed by atoms with Gasteiger partial charge in [-0.3, -0.25) is 0 Å². The van der Waals surface area contributed by atoms with Gasteiger partial charge in [0.05, 0.1) is 9.71 Å². The van der Waals surface area contributed by atoms with Crippen molar-refractivity contribution in [3.05, 3.63) is 23.2 Å². The highest BCUT2D eigenvalue weighted by Gasteiger charge is 2.20. The van der Waals surface area contributed by atoms with Crippen LogP contribution in [-0.4, -0.2) is 22.2 Å².